The molecule has 0 N–H and O–H groups in total. The highest BCUT2D eigenvalue weighted by molar-refractivity contribution is 7.99. The Hall–Kier alpha value is -3.34. The Morgan fingerprint density at radius 2 is 1.76 bits per heavy atom. The van der Waals surface area contributed by atoms with Crippen LogP contribution >= 0.6 is 11.8 Å². The summed E-state index contributed by atoms with van der Waals surface area (Å²) in [5.41, 5.74) is 0.309. The van der Waals surface area contributed by atoms with Crippen LogP contribution in [0.1, 0.15) is 51.0 Å². The third-order valence-electron chi connectivity index (χ3n) is 7.83. The van der Waals surface area contributed by atoms with E-state index in [2.05, 4.69) is 10.2 Å². The lowest BCUT2D eigenvalue weighted by molar-refractivity contribution is -0.145. The molecule has 3 aromatic rings. The van der Waals surface area contributed by atoms with Crippen LogP contribution in [0.2, 0.25) is 0 Å². The molecule has 5 rings (SSSR count). The highest BCUT2D eigenvalue weighted by Gasteiger charge is 2.34. The Bertz CT molecular complexity index is 1360. The number of halogens is 3. The average Bonchev–Trinajstić information content (AvgIpc) is 3.66. The number of carbonyl (C=O) groups is 2. The number of nitrogens with zero attached hydrogens (tertiary/aromatic N) is 5. The summed E-state index contributed by atoms with van der Waals surface area (Å²) >= 11 is 1.36. The topological polar surface area (TPSA) is 71.3 Å². The number of piperazine rings is 1. The quantitative estimate of drug-likeness (QED) is 0.237. The third kappa shape index (κ3) is 6.77. The number of carbonyl (C=O) groups excluding carboxylic acids is 2. The van der Waals surface area contributed by atoms with Crippen molar-refractivity contribution < 1.29 is 22.8 Å². The highest BCUT2D eigenvalue weighted by atomic mass is 32.2. The van der Waals surface area contributed by atoms with Gasteiger partial charge in [0, 0.05) is 49.3 Å². The molecule has 11 heteroatoms. The van der Waals surface area contributed by atoms with E-state index in [1.807, 2.05) is 47.1 Å². The van der Waals surface area contributed by atoms with Gasteiger partial charge in [0.05, 0.1) is 11.3 Å². The zero-order valence-corrected chi connectivity index (χ0v) is 23.8. The fourth-order valence-electron chi connectivity index (χ4n) is 5.66. The number of rotatable bonds is 8. The second kappa shape index (κ2) is 12.7. The number of hydrogen-bond donors (Lipinski definition) is 0. The highest BCUT2D eigenvalue weighted by Crippen LogP contribution is 2.34. The van der Waals surface area contributed by atoms with Crippen LogP contribution in [0.5, 0.6) is 0 Å². The Kier molecular flexibility index (Phi) is 9.01. The van der Waals surface area contributed by atoms with Crippen LogP contribution in [-0.4, -0.2) is 67.8 Å². The van der Waals surface area contributed by atoms with Gasteiger partial charge in [-0.1, -0.05) is 61.0 Å². The molecule has 1 aliphatic heterocycles. The standard InChI is InChI=1S/C30H34F3N5O2S/c1-21-20-36(16-17-37(21)28(40)23-11-5-6-12-23)26(39)15-8-18-41-29-35-34-27(22-9-3-2-4-10-22)38(29)25-14-7-13-24(19-25)30(31,32)33/h2-4,7,9-10,13-14,19,21,23H,5-6,8,11-12,15-18,20H2,1H3. The van der Waals surface area contributed by atoms with E-state index in [-0.39, 0.29) is 23.8 Å². The monoisotopic (exact) mass is 585 g/mol. The smallest absolute Gasteiger partial charge is 0.339 e. The molecule has 1 atom stereocenters. The van der Waals surface area contributed by atoms with Gasteiger partial charge in [-0.05, 0) is 44.4 Å². The van der Waals surface area contributed by atoms with E-state index in [4.69, 9.17) is 0 Å². The summed E-state index contributed by atoms with van der Waals surface area (Å²) in [4.78, 5) is 29.6. The van der Waals surface area contributed by atoms with E-state index in [0.717, 1.165) is 43.4 Å². The number of thioether (sulfide) groups is 1. The summed E-state index contributed by atoms with van der Waals surface area (Å²) in [6, 6.07) is 14.3. The average molecular weight is 586 g/mol. The fourth-order valence-corrected chi connectivity index (χ4v) is 6.55. The number of alkyl halides is 3. The Morgan fingerprint density at radius 1 is 1.00 bits per heavy atom. The summed E-state index contributed by atoms with van der Waals surface area (Å²) in [5, 5.41) is 9.06. The first-order chi connectivity index (χ1) is 19.7. The molecule has 2 fully saturated rings. The Balaban J connectivity index is 1.21. The number of aromatic nitrogens is 3. The minimum absolute atomic E-state index is 0.00223. The van der Waals surface area contributed by atoms with Crippen molar-refractivity contribution in [3.63, 3.8) is 0 Å². The largest absolute Gasteiger partial charge is 0.416 e. The maximum absolute atomic E-state index is 13.5. The van der Waals surface area contributed by atoms with Gasteiger partial charge in [-0.15, -0.1) is 10.2 Å². The number of benzene rings is 2. The van der Waals surface area contributed by atoms with E-state index in [0.29, 0.717) is 54.9 Å². The van der Waals surface area contributed by atoms with Crippen molar-refractivity contribution >= 4 is 23.6 Å². The predicted molar refractivity (Wildman–Crippen MR) is 151 cm³/mol. The lowest BCUT2D eigenvalue weighted by Crippen LogP contribution is -2.56. The van der Waals surface area contributed by atoms with Gasteiger partial charge < -0.3 is 9.80 Å². The lowest BCUT2D eigenvalue weighted by atomic mass is 10.0. The molecule has 2 heterocycles. The molecule has 0 bridgehead atoms. The molecule has 1 saturated carbocycles. The molecular weight excluding hydrogens is 551 g/mol. The van der Waals surface area contributed by atoms with Crippen molar-refractivity contribution in [2.45, 2.75) is 62.8 Å². The molecule has 1 saturated heterocycles. The first kappa shape index (κ1) is 29.2. The van der Waals surface area contributed by atoms with Crippen molar-refractivity contribution in [1.82, 2.24) is 24.6 Å². The SMILES string of the molecule is CC1CN(C(=O)CCCSc2nnc(-c3ccccc3)n2-c2cccc(C(F)(F)F)c2)CCN1C(=O)C1CCCC1. The van der Waals surface area contributed by atoms with Crippen LogP contribution in [0, 0.1) is 5.92 Å². The van der Waals surface area contributed by atoms with Gasteiger partial charge in [-0.25, -0.2) is 0 Å². The minimum atomic E-state index is -4.47. The molecule has 1 unspecified atom stereocenters. The molecule has 1 aromatic heterocycles. The van der Waals surface area contributed by atoms with Gasteiger partial charge >= 0.3 is 6.18 Å². The normalized spacial score (nSPS) is 18.2. The summed E-state index contributed by atoms with van der Waals surface area (Å²) < 4.78 is 42.0. The van der Waals surface area contributed by atoms with E-state index >= 15 is 0 Å². The molecule has 7 nitrogen and oxygen atoms in total. The summed E-state index contributed by atoms with van der Waals surface area (Å²) in [7, 11) is 0. The second-order valence-electron chi connectivity index (χ2n) is 10.7. The number of amides is 2. The second-order valence-corrected chi connectivity index (χ2v) is 11.8. The Labute approximate surface area is 242 Å². The van der Waals surface area contributed by atoms with Crippen LogP contribution in [0.4, 0.5) is 13.2 Å². The van der Waals surface area contributed by atoms with E-state index < -0.39 is 11.7 Å². The minimum Gasteiger partial charge on any atom is -0.339 e. The maximum Gasteiger partial charge on any atom is 0.416 e. The molecule has 0 spiro atoms. The van der Waals surface area contributed by atoms with Crippen LogP contribution in [0.25, 0.3) is 17.1 Å². The summed E-state index contributed by atoms with van der Waals surface area (Å²) in [6.45, 7) is 3.65. The van der Waals surface area contributed by atoms with Crippen LogP contribution < -0.4 is 0 Å². The van der Waals surface area contributed by atoms with E-state index in [1.165, 1.54) is 17.8 Å². The fraction of sp³-hybridized carbons (Fsp3) is 0.467. The first-order valence-corrected chi connectivity index (χ1v) is 15.1. The van der Waals surface area contributed by atoms with Gasteiger partial charge in [0.1, 0.15) is 0 Å². The van der Waals surface area contributed by atoms with Crippen molar-refractivity contribution in [3.05, 3.63) is 60.2 Å². The first-order valence-electron chi connectivity index (χ1n) is 14.1. The predicted octanol–water partition coefficient (Wildman–Crippen LogP) is 6.07. The molecule has 218 valence electrons. The van der Waals surface area contributed by atoms with E-state index in [1.54, 1.807) is 10.6 Å². The van der Waals surface area contributed by atoms with Crippen LogP contribution in [-0.2, 0) is 15.8 Å². The van der Waals surface area contributed by atoms with Gasteiger partial charge in [0.2, 0.25) is 11.8 Å². The summed E-state index contributed by atoms with van der Waals surface area (Å²) in [6.07, 6.45) is 0.621. The molecule has 2 aromatic carbocycles. The van der Waals surface area contributed by atoms with Crippen LogP contribution in [0.3, 0.4) is 0 Å². The van der Waals surface area contributed by atoms with Crippen molar-refractivity contribution in [2.24, 2.45) is 5.92 Å². The van der Waals surface area contributed by atoms with E-state index in [9.17, 15) is 22.8 Å². The molecule has 2 amide bonds. The molecule has 1 aliphatic carbocycles. The lowest BCUT2D eigenvalue weighted by Gasteiger charge is -2.41. The van der Waals surface area contributed by atoms with Crippen molar-refractivity contribution in [2.75, 3.05) is 25.4 Å². The Morgan fingerprint density at radius 3 is 2.46 bits per heavy atom. The third-order valence-corrected chi connectivity index (χ3v) is 8.85. The van der Waals surface area contributed by atoms with Crippen LogP contribution in [0.15, 0.2) is 59.8 Å². The molecular formula is C30H34F3N5O2S. The maximum atomic E-state index is 13.5. The molecule has 2 aliphatic rings. The molecule has 41 heavy (non-hydrogen) atoms. The van der Waals surface area contributed by atoms with Gasteiger partial charge in [0.15, 0.2) is 11.0 Å². The van der Waals surface area contributed by atoms with Gasteiger partial charge in [-0.2, -0.15) is 13.2 Å². The van der Waals surface area contributed by atoms with Gasteiger partial charge in [0.25, 0.3) is 0 Å². The number of hydrogen-bond acceptors (Lipinski definition) is 5. The zero-order valence-electron chi connectivity index (χ0n) is 23.0. The summed E-state index contributed by atoms with van der Waals surface area (Å²) in [5.74, 6) is 1.42. The molecule has 0 radical (unpaired) electrons. The zero-order chi connectivity index (χ0) is 29.0. The van der Waals surface area contributed by atoms with Gasteiger partial charge in [-0.3, -0.25) is 14.2 Å². The van der Waals surface area contributed by atoms with Crippen molar-refractivity contribution in [1.29, 1.82) is 0 Å². The van der Waals surface area contributed by atoms with Crippen molar-refractivity contribution in [3.8, 4) is 17.1 Å².